The van der Waals surface area contributed by atoms with Crippen LogP contribution < -0.4 is 15.8 Å². The van der Waals surface area contributed by atoms with E-state index in [1.807, 2.05) is 26.8 Å². The molecule has 4 nitrogen and oxygen atoms in total. The van der Waals surface area contributed by atoms with Gasteiger partial charge in [0.1, 0.15) is 12.4 Å². The number of hydrogen-bond donors (Lipinski definition) is 2. The number of alkyl halides is 2. The molecule has 0 saturated carbocycles. The highest BCUT2D eigenvalue weighted by Crippen LogP contribution is 2.15. The predicted octanol–water partition coefficient (Wildman–Crippen LogP) is 2.53. The first kappa shape index (κ1) is 16.2. The third-order valence-electron chi connectivity index (χ3n) is 2.21. The highest BCUT2D eigenvalue weighted by Gasteiger charge is 2.09. The molecule has 1 aromatic rings. The van der Waals surface area contributed by atoms with Crippen molar-refractivity contribution < 1.29 is 13.5 Å². The number of guanidine groups is 1. The van der Waals surface area contributed by atoms with Gasteiger partial charge in [-0.15, -0.1) is 0 Å². The van der Waals surface area contributed by atoms with Gasteiger partial charge in [0.2, 0.25) is 0 Å². The van der Waals surface area contributed by atoms with Crippen molar-refractivity contribution in [3.05, 3.63) is 29.8 Å². The highest BCUT2D eigenvalue weighted by molar-refractivity contribution is 5.78. The molecule has 0 aliphatic rings. The maximum Gasteiger partial charge on any atom is 0.272 e. The van der Waals surface area contributed by atoms with Crippen molar-refractivity contribution in [2.45, 2.75) is 39.3 Å². The van der Waals surface area contributed by atoms with E-state index in [1.165, 1.54) is 0 Å². The molecular weight excluding hydrogens is 264 g/mol. The minimum atomic E-state index is -2.48. The molecule has 0 heterocycles. The first-order valence-corrected chi connectivity index (χ1v) is 6.34. The highest BCUT2D eigenvalue weighted by atomic mass is 19.3. The standard InChI is InChI=1S/C14H21F2N3O/c1-14(2,3)19-13(17)18-8-10-5-4-6-11(7-10)20-9-12(15)16/h4-7,12H,8-9H2,1-3H3,(H3,17,18,19). The fourth-order valence-corrected chi connectivity index (χ4v) is 1.49. The molecule has 20 heavy (non-hydrogen) atoms. The van der Waals surface area contributed by atoms with Crippen molar-refractivity contribution in [3.63, 3.8) is 0 Å². The lowest BCUT2D eigenvalue weighted by molar-refractivity contribution is 0.0818. The van der Waals surface area contributed by atoms with E-state index < -0.39 is 13.0 Å². The van der Waals surface area contributed by atoms with Crippen molar-refractivity contribution in [2.75, 3.05) is 6.61 Å². The molecule has 0 radical (unpaired) electrons. The van der Waals surface area contributed by atoms with Gasteiger partial charge in [0.15, 0.2) is 5.96 Å². The zero-order valence-electron chi connectivity index (χ0n) is 12.0. The van der Waals surface area contributed by atoms with Crippen molar-refractivity contribution in [3.8, 4) is 5.75 Å². The van der Waals surface area contributed by atoms with Gasteiger partial charge in [-0.3, -0.25) is 0 Å². The van der Waals surface area contributed by atoms with Gasteiger partial charge in [0.05, 0.1) is 6.54 Å². The molecule has 3 N–H and O–H groups in total. The molecule has 0 fully saturated rings. The molecule has 0 aliphatic carbocycles. The van der Waals surface area contributed by atoms with Gasteiger partial charge >= 0.3 is 0 Å². The number of nitrogens with two attached hydrogens (primary N) is 1. The molecule has 1 aromatic carbocycles. The van der Waals surface area contributed by atoms with Crippen LogP contribution >= 0.6 is 0 Å². The van der Waals surface area contributed by atoms with Crippen LogP contribution in [-0.4, -0.2) is 24.5 Å². The Bertz CT molecular complexity index is 456. The van der Waals surface area contributed by atoms with Gasteiger partial charge in [-0.1, -0.05) is 12.1 Å². The van der Waals surface area contributed by atoms with Gasteiger partial charge in [-0.2, -0.15) is 0 Å². The SMILES string of the molecule is CC(C)(C)NC(N)=NCc1cccc(OCC(F)F)c1. The lowest BCUT2D eigenvalue weighted by Crippen LogP contribution is -2.44. The number of hydrogen-bond acceptors (Lipinski definition) is 2. The summed E-state index contributed by atoms with van der Waals surface area (Å²) in [6.45, 7) is 5.69. The summed E-state index contributed by atoms with van der Waals surface area (Å²) in [4.78, 5) is 4.20. The molecule has 0 unspecified atom stereocenters. The average molecular weight is 285 g/mol. The summed E-state index contributed by atoms with van der Waals surface area (Å²) >= 11 is 0. The van der Waals surface area contributed by atoms with E-state index in [1.54, 1.807) is 18.2 Å². The minimum Gasteiger partial charge on any atom is -0.488 e. The van der Waals surface area contributed by atoms with E-state index >= 15 is 0 Å². The van der Waals surface area contributed by atoms with Crippen LogP contribution in [0.5, 0.6) is 5.75 Å². The Morgan fingerprint density at radius 1 is 1.40 bits per heavy atom. The summed E-state index contributed by atoms with van der Waals surface area (Å²) in [5.41, 5.74) is 6.44. The summed E-state index contributed by atoms with van der Waals surface area (Å²) in [7, 11) is 0. The molecule has 0 atom stereocenters. The van der Waals surface area contributed by atoms with Gasteiger partial charge in [0.25, 0.3) is 6.43 Å². The van der Waals surface area contributed by atoms with Gasteiger partial charge in [-0.25, -0.2) is 13.8 Å². The van der Waals surface area contributed by atoms with E-state index in [9.17, 15) is 8.78 Å². The Hall–Kier alpha value is -1.85. The zero-order chi connectivity index (χ0) is 15.2. The predicted molar refractivity (Wildman–Crippen MR) is 76.2 cm³/mol. The third kappa shape index (κ3) is 6.92. The van der Waals surface area contributed by atoms with E-state index in [4.69, 9.17) is 10.5 Å². The van der Waals surface area contributed by atoms with Crippen LogP contribution in [0.1, 0.15) is 26.3 Å². The number of rotatable bonds is 5. The smallest absolute Gasteiger partial charge is 0.272 e. The Labute approximate surface area is 118 Å². The third-order valence-corrected chi connectivity index (χ3v) is 2.21. The van der Waals surface area contributed by atoms with Gasteiger partial charge in [0, 0.05) is 5.54 Å². The number of aliphatic imine (C=N–C) groups is 1. The van der Waals surface area contributed by atoms with Crippen molar-refractivity contribution in [1.29, 1.82) is 0 Å². The second kappa shape index (κ2) is 7.07. The topological polar surface area (TPSA) is 59.6 Å². The van der Waals surface area contributed by atoms with Crippen molar-refractivity contribution in [2.24, 2.45) is 10.7 Å². The normalized spacial score (nSPS) is 12.6. The first-order chi connectivity index (χ1) is 9.26. The van der Waals surface area contributed by atoms with Gasteiger partial charge in [-0.05, 0) is 38.5 Å². The van der Waals surface area contributed by atoms with Crippen LogP contribution in [0.4, 0.5) is 8.78 Å². The number of nitrogens with zero attached hydrogens (tertiary/aromatic N) is 1. The van der Waals surface area contributed by atoms with Crippen LogP contribution in [-0.2, 0) is 6.54 Å². The Morgan fingerprint density at radius 3 is 2.70 bits per heavy atom. The summed E-state index contributed by atoms with van der Waals surface area (Å²) in [6, 6.07) is 6.88. The van der Waals surface area contributed by atoms with Gasteiger partial charge < -0.3 is 15.8 Å². The van der Waals surface area contributed by atoms with Crippen LogP contribution in [0.3, 0.4) is 0 Å². The lowest BCUT2D eigenvalue weighted by Gasteiger charge is -2.21. The molecule has 0 aliphatic heterocycles. The van der Waals surface area contributed by atoms with Crippen LogP contribution in [0.15, 0.2) is 29.3 Å². The zero-order valence-corrected chi connectivity index (χ0v) is 12.0. The maximum atomic E-state index is 12.1. The summed E-state index contributed by atoms with van der Waals surface area (Å²) in [5, 5.41) is 3.04. The largest absolute Gasteiger partial charge is 0.488 e. The lowest BCUT2D eigenvalue weighted by atomic mass is 10.1. The second-order valence-corrected chi connectivity index (χ2v) is 5.43. The molecular formula is C14H21F2N3O. The Kier molecular flexibility index (Phi) is 5.73. The second-order valence-electron chi connectivity index (χ2n) is 5.43. The van der Waals surface area contributed by atoms with E-state index in [0.29, 0.717) is 18.3 Å². The van der Waals surface area contributed by atoms with E-state index in [0.717, 1.165) is 5.56 Å². The fourth-order valence-electron chi connectivity index (χ4n) is 1.49. The quantitative estimate of drug-likeness (QED) is 0.645. The maximum absolute atomic E-state index is 12.1. The van der Waals surface area contributed by atoms with Crippen molar-refractivity contribution in [1.82, 2.24) is 5.32 Å². The molecule has 0 bridgehead atoms. The first-order valence-electron chi connectivity index (χ1n) is 6.34. The van der Waals surface area contributed by atoms with Crippen LogP contribution in [0.2, 0.25) is 0 Å². The summed E-state index contributed by atoms with van der Waals surface area (Å²) in [5.74, 6) is 0.747. The van der Waals surface area contributed by atoms with E-state index in [2.05, 4.69) is 10.3 Å². The molecule has 0 saturated heterocycles. The van der Waals surface area contributed by atoms with E-state index in [-0.39, 0.29) is 5.54 Å². The molecule has 0 aromatic heterocycles. The Balaban J connectivity index is 2.60. The number of ether oxygens (including phenoxy) is 1. The van der Waals surface area contributed by atoms with Crippen LogP contribution in [0, 0.1) is 0 Å². The minimum absolute atomic E-state index is 0.157. The molecule has 6 heteroatoms. The molecule has 0 amide bonds. The molecule has 1 rings (SSSR count). The fraction of sp³-hybridized carbons (Fsp3) is 0.500. The monoisotopic (exact) mass is 285 g/mol. The summed E-state index contributed by atoms with van der Waals surface area (Å²) < 4.78 is 29.1. The number of halogens is 2. The number of benzene rings is 1. The number of nitrogens with one attached hydrogen (secondary N) is 1. The summed E-state index contributed by atoms with van der Waals surface area (Å²) in [6.07, 6.45) is -2.48. The average Bonchev–Trinajstić information content (AvgIpc) is 2.32. The Morgan fingerprint density at radius 2 is 2.10 bits per heavy atom. The molecule has 0 spiro atoms. The van der Waals surface area contributed by atoms with Crippen LogP contribution in [0.25, 0.3) is 0 Å². The van der Waals surface area contributed by atoms with Crippen molar-refractivity contribution >= 4 is 5.96 Å². The molecule has 112 valence electrons.